The van der Waals surface area contributed by atoms with Gasteiger partial charge in [-0.3, -0.25) is 4.79 Å². The van der Waals surface area contributed by atoms with Crippen molar-refractivity contribution in [1.29, 1.82) is 0 Å². The number of likely N-dealkylation sites (N-methyl/N-ethyl adjacent to an activating group) is 1. The number of carbonyl (C=O) groups excluding carboxylic acids is 1. The minimum atomic E-state index is 0.142. The molecule has 0 saturated heterocycles. The molecule has 1 rings (SSSR count). The number of hydrogen-bond donors (Lipinski definition) is 0. The van der Waals surface area contributed by atoms with Crippen molar-refractivity contribution in [2.45, 2.75) is 13.3 Å². The Bertz CT molecular complexity index is 393. The first kappa shape index (κ1) is 15.4. The average molecular weight is 360 g/mol. The Morgan fingerprint density at radius 1 is 1.17 bits per heavy atom. The molecule has 0 unspecified atom stereocenters. The normalized spacial score (nSPS) is 10.7. The summed E-state index contributed by atoms with van der Waals surface area (Å²) < 4.78 is 1.02. The maximum Gasteiger partial charge on any atom is 0.254 e. The van der Waals surface area contributed by atoms with Gasteiger partial charge in [0.25, 0.3) is 5.91 Å². The summed E-state index contributed by atoms with van der Waals surface area (Å²) in [4.78, 5) is 16.5. The molecular weight excluding hydrogens is 339 g/mol. The van der Waals surface area contributed by atoms with Gasteiger partial charge in [0.2, 0.25) is 0 Å². The fourth-order valence-corrected chi connectivity index (χ4v) is 2.33. The molecule has 1 amide bonds. The van der Waals surface area contributed by atoms with Crippen LogP contribution in [0.15, 0.2) is 24.3 Å². The molecule has 0 aliphatic rings. The van der Waals surface area contributed by atoms with Crippen molar-refractivity contribution in [3.05, 3.63) is 33.4 Å². The van der Waals surface area contributed by atoms with E-state index in [4.69, 9.17) is 0 Å². The highest BCUT2D eigenvalue weighted by atomic mass is 127. The zero-order valence-corrected chi connectivity index (χ0v) is 13.5. The fourth-order valence-electron chi connectivity index (χ4n) is 1.71. The van der Waals surface area contributed by atoms with Gasteiger partial charge >= 0.3 is 0 Å². The quantitative estimate of drug-likeness (QED) is 0.729. The second-order valence-electron chi connectivity index (χ2n) is 4.58. The van der Waals surface area contributed by atoms with E-state index in [1.165, 1.54) is 0 Å². The molecule has 1 aromatic carbocycles. The number of rotatable bonds is 6. The van der Waals surface area contributed by atoms with Crippen LogP contribution in [0.1, 0.15) is 23.7 Å². The van der Waals surface area contributed by atoms with Crippen LogP contribution < -0.4 is 0 Å². The highest BCUT2D eigenvalue weighted by Gasteiger charge is 2.16. The van der Waals surface area contributed by atoms with Crippen molar-refractivity contribution in [3.8, 4) is 0 Å². The third-order valence-corrected chi connectivity index (χ3v) is 3.64. The lowest BCUT2D eigenvalue weighted by molar-refractivity contribution is 0.0744. The SMILES string of the molecule is CCCN(CCN(C)C)C(=O)c1ccccc1I. The van der Waals surface area contributed by atoms with Gasteiger partial charge in [-0.15, -0.1) is 0 Å². The van der Waals surface area contributed by atoms with Crippen molar-refractivity contribution >= 4 is 28.5 Å². The van der Waals surface area contributed by atoms with Crippen LogP contribution in [0.2, 0.25) is 0 Å². The van der Waals surface area contributed by atoms with Gasteiger partial charge in [-0.05, 0) is 55.2 Å². The van der Waals surface area contributed by atoms with Crippen LogP contribution in [0.25, 0.3) is 0 Å². The lowest BCUT2D eigenvalue weighted by Crippen LogP contribution is -2.37. The Hall–Kier alpha value is -0.620. The predicted molar refractivity (Wildman–Crippen MR) is 83.9 cm³/mol. The topological polar surface area (TPSA) is 23.6 Å². The molecule has 0 heterocycles. The maximum atomic E-state index is 12.5. The molecule has 100 valence electrons. The molecule has 0 aliphatic heterocycles. The largest absolute Gasteiger partial charge is 0.337 e. The van der Waals surface area contributed by atoms with Gasteiger partial charge in [-0.2, -0.15) is 0 Å². The Morgan fingerprint density at radius 2 is 1.83 bits per heavy atom. The fraction of sp³-hybridized carbons (Fsp3) is 0.500. The van der Waals surface area contributed by atoms with E-state index in [0.717, 1.165) is 35.2 Å². The van der Waals surface area contributed by atoms with Gasteiger partial charge in [-0.25, -0.2) is 0 Å². The molecule has 0 saturated carbocycles. The van der Waals surface area contributed by atoms with Gasteiger partial charge in [0.05, 0.1) is 5.56 Å². The Labute approximate surface area is 123 Å². The highest BCUT2D eigenvalue weighted by Crippen LogP contribution is 2.14. The molecule has 0 spiro atoms. The van der Waals surface area contributed by atoms with Crippen molar-refractivity contribution in [2.75, 3.05) is 33.7 Å². The van der Waals surface area contributed by atoms with E-state index in [1.54, 1.807) is 0 Å². The molecule has 0 aliphatic carbocycles. The molecule has 0 radical (unpaired) electrons. The van der Waals surface area contributed by atoms with E-state index in [-0.39, 0.29) is 5.91 Å². The smallest absolute Gasteiger partial charge is 0.254 e. The number of amides is 1. The van der Waals surface area contributed by atoms with E-state index >= 15 is 0 Å². The van der Waals surface area contributed by atoms with Gasteiger partial charge in [0, 0.05) is 23.2 Å². The average Bonchev–Trinajstić information content (AvgIpc) is 2.34. The monoisotopic (exact) mass is 360 g/mol. The summed E-state index contributed by atoms with van der Waals surface area (Å²) in [5, 5.41) is 0. The number of halogens is 1. The molecule has 0 bridgehead atoms. The van der Waals surface area contributed by atoms with Crippen LogP contribution in [0.4, 0.5) is 0 Å². The summed E-state index contributed by atoms with van der Waals surface area (Å²) in [6, 6.07) is 7.76. The second-order valence-corrected chi connectivity index (χ2v) is 5.74. The first-order valence-corrected chi connectivity index (χ1v) is 7.32. The van der Waals surface area contributed by atoms with Crippen LogP contribution in [-0.2, 0) is 0 Å². The van der Waals surface area contributed by atoms with Crippen LogP contribution in [0.5, 0.6) is 0 Å². The molecule has 3 nitrogen and oxygen atoms in total. The predicted octanol–water partition coefficient (Wildman–Crippen LogP) is 2.71. The van der Waals surface area contributed by atoms with E-state index < -0.39 is 0 Å². The molecule has 0 fully saturated rings. The second kappa shape index (κ2) is 7.74. The summed E-state index contributed by atoms with van der Waals surface area (Å²) in [5.74, 6) is 0.142. The van der Waals surface area contributed by atoms with Crippen molar-refractivity contribution in [3.63, 3.8) is 0 Å². The summed E-state index contributed by atoms with van der Waals surface area (Å²) in [6.07, 6.45) is 0.989. The van der Waals surface area contributed by atoms with Gasteiger partial charge in [-0.1, -0.05) is 19.1 Å². The van der Waals surface area contributed by atoms with E-state index in [2.05, 4.69) is 34.4 Å². The molecule has 1 aromatic rings. The molecular formula is C14H21IN2O. The number of hydrogen-bond acceptors (Lipinski definition) is 2. The first-order valence-electron chi connectivity index (χ1n) is 6.24. The highest BCUT2D eigenvalue weighted by molar-refractivity contribution is 14.1. The summed E-state index contributed by atoms with van der Waals surface area (Å²) in [6.45, 7) is 4.60. The van der Waals surface area contributed by atoms with Gasteiger partial charge in [0.1, 0.15) is 0 Å². The standard InChI is InChI=1S/C14H21IN2O/c1-4-9-17(11-10-16(2)3)14(18)12-7-5-6-8-13(12)15/h5-8H,4,9-11H2,1-3H3. The van der Waals surface area contributed by atoms with E-state index in [9.17, 15) is 4.79 Å². The number of benzene rings is 1. The number of nitrogens with zero attached hydrogens (tertiary/aromatic N) is 2. The number of carbonyl (C=O) groups is 1. The van der Waals surface area contributed by atoms with Crippen LogP contribution in [0, 0.1) is 3.57 Å². The zero-order chi connectivity index (χ0) is 13.5. The Balaban J connectivity index is 2.79. The lowest BCUT2D eigenvalue weighted by atomic mass is 10.2. The summed E-state index contributed by atoms with van der Waals surface area (Å²) in [5.41, 5.74) is 0.810. The van der Waals surface area contributed by atoms with Crippen molar-refractivity contribution < 1.29 is 4.79 Å². The minimum absolute atomic E-state index is 0.142. The van der Waals surface area contributed by atoms with Crippen LogP contribution in [0.3, 0.4) is 0 Å². The summed E-state index contributed by atoms with van der Waals surface area (Å²) >= 11 is 2.22. The maximum absolute atomic E-state index is 12.5. The third-order valence-electron chi connectivity index (χ3n) is 2.70. The van der Waals surface area contributed by atoms with Crippen LogP contribution in [-0.4, -0.2) is 49.4 Å². The van der Waals surface area contributed by atoms with Crippen molar-refractivity contribution in [2.24, 2.45) is 0 Å². The van der Waals surface area contributed by atoms with Gasteiger partial charge in [0.15, 0.2) is 0 Å². The van der Waals surface area contributed by atoms with Gasteiger partial charge < -0.3 is 9.80 Å². The van der Waals surface area contributed by atoms with Crippen LogP contribution >= 0.6 is 22.6 Å². The molecule has 0 atom stereocenters. The molecule has 0 N–H and O–H groups in total. The van der Waals surface area contributed by atoms with E-state index in [0.29, 0.717) is 0 Å². The first-order chi connectivity index (χ1) is 8.56. The third kappa shape index (κ3) is 4.57. The molecule has 4 heteroatoms. The minimum Gasteiger partial charge on any atom is -0.337 e. The summed E-state index contributed by atoms with van der Waals surface area (Å²) in [7, 11) is 4.06. The van der Waals surface area contributed by atoms with Crippen molar-refractivity contribution in [1.82, 2.24) is 9.80 Å². The lowest BCUT2D eigenvalue weighted by Gasteiger charge is -2.24. The van der Waals surface area contributed by atoms with E-state index in [1.807, 2.05) is 43.3 Å². The Morgan fingerprint density at radius 3 is 2.39 bits per heavy atom. The zero-order valence-electron chi connectivity index (χ0n) is 11.3. The molecule has 18 heavy (non-hydrogen) atoms. The molecule has 0 aromatic heterocycles. The Kier molecular flexibility index (Phi) is 6.63.